The normalized spacial score (nSPS) is 9.40. The molecular formula is C15H18N2O3. The Labute approximate surface area is 118 Å². The summed E-state index contributed by atoms with van der Waals surface area (Å²) in [5, 5.41) is 11.2. The molecule has 0 spiro atoms. The lowest BCUT2D eigenvalue weighted by Crippen LogP contribution is -2.37. The lowest BCUT2D eigenvalue weighted by atomic mass is 10.0. The monoisotopic (exact) mass is 274 g/mol. The van der Waals surface area contributed by atoms with Crippen LogP contribution in [0.2, 0.25) is 0 Å². The first kappa shape index (κ1) is 15.7. The van der Waals surface area contributed by atoms with Crippen molar-refractivity contribution in [3.05, 3.63) is 34.9 Å². The average molecular weight is 274 g/mol. The van der Waals surface area contributed by atoms with Crippen LogP contribution in [0.1, 0.15) is 21.5 Å². The molecule has 0 aliphatic carbocycles. The minimum Gasteiger partial charge on any atom is -0.384 e. The highest BCUT2D eigenvalue weighted by atomic mass is 16.2. The highest BCUT2D eigenvalue weighted by Gasteiger charge is 2.17. The number of carbonyl (C=O) groups is 2. The number of aliphatic hydroxyl groups is 1. The van der Waals surface area contributed by atoms with Crippen molar-refractivity contribution in [1.29, 1.82) is 0 Å². The van der Waals surface area contributed by atoms with Gasteiger partial charge in [-0.15, -0.1) is 0 Å². The van der Waals surface area contributed by atoms with E-state index in [4.69, 9.17) is 5.11 Å². The van der Waals surface area contributed by atoms with E-state index < -0.39 is 0 Å². The number of aryl methyl sites for hydroxylation is 1. The van der Waals surface area contributed by atoms with Gasteiger partial charge in [0.25, 0.3) is 5.91 Å². The van der Waals surface area contributed by atoms with E-state index in [1.54, 1.807) is 19.2 Å². The molecule has 0 aliphatic rings. The second-order valence-electron chi connectivity index (χ2n) is 4.34. The summed E-state index contributed by atoms with van der Waals surface area (Å²) < 4.78 is 0. The van der Waals surface area contributed by atoms with Gasteiger partial charge in [-0.1, -0.05) is 23.5 Å². The first-order chi connectivity index (χ1) is 9.49. The maximum Gasteiger partial charge on any atom is 0.255 e. The van der Waals surface area contributed by atoms with E-state index in [2.05, 4.69) is 17.2 Å². The molecule has 0 aromatic heterocycles. The Morgan fingerprint density at radius 1 is 1.40 bits per heavy atom. The molecule has 1 aromatic carbocycles. The first-order valence-corrected chi connectivity index (χ1v) is 6.16. The lowest BCUT2D eigenvalue weighted by molar-refractivity contribution is -0.121. The van der Waals surface area contributed by atoms with E-state index >= 15 is 0 Å². The molecule has 106 valence electrons. The maximum atomic E-state index is 12.3. The number of hydrogen-bond acceptors (Lipinski definition) is 3. The van der Waals surface area contributed by atoms with Crippen LogP contribution in [-0.2, 0) is 4.79 Å². The van der Waals surface area contributed by atoms with Gasteiger partial charge in [0.2, 0.25) is 5.91 Å². The first-order valence-electron chi connectivity index (χ1n) is 6.16. The Bertz CT molecular complexity index is 570. The van der Waals surface area contributed by atoms with Crippen LogP contribution in [0.25, 0.3) is 0 Å². The number of likely N-dealkylation sites (N-methyl/N-ethyl adjacent to an activating group) is 2. The van der Waals surface area contributed by atoms with Crippen molar-refractivity contribution in [1.82, 2.24) is 10.2 Å². The fourth-order valence-electron chi connectivity index (χ4n) is 1.65. The molecule has 20 heavy (non-hydrogen) atoms. The molecule has 0 fully saturated rings. The number of benzene rings is 1. The van der Waals surface area contributed by atoms with E-state index in [0.717, 1.165) is 5.56 Å². The van der Waals surface area contributed by atoms with Crippen molar-refractivity contribution in [2.24, 2.45) is 0 Å². The summed E-state index contributed by atoms with van der Waals surface area (Å²) in [5.41, 5.74) is 1.90. The molecule has 0 aliphatic heterocycles. The minimum absolute atomic E-state index is 0.0177. The summed E-state index contributed by atoms with van der Waals surface area (Å²) >= 11 is 0. The third kappa shape index (κ3) is 4.11. The predicted octanol–water partition coefficient (Wildman–Crippen LogP) is 0.157. The highest BCUT2D eigenvalue weighted by molar-refractivity contribution is 5.98. The summed E-state index contributed by atoms with van der Waals surface area (Å²) in [6.07, 6.45) is 0. The molecule has 0 saturated carbocycles. The van der Waals surface area contributed by atoms with Gasteiger partial charge in [0.05, 0.1) is 12.1 Å². The second kappa shape index (κ2) is 7.31. The van der Waals surface area contributed by atoms with Crippen LogP contribution in [0.15, 0.2) is 18.2 Å². The molecule has 2 amide bonds. The van der Waals surface area contributed by atoms with E-state index in [1.165, 1.54) is 11.9 Å². The zero-order valence-corrected chi connectivity index (χ0v) is 11.9. The standard InChI is InChI=1S/C15H18N2O3/c1-11-6-7-12(5-4-8-18)13(9-11)15(20)17(3)10-14(19)16-2/h6-7,9,18H,8,10H2,1-3H3,(H,16,19). The smallest absolute Gasteiger partial charge is 0.255 e. The fraction of sp³-hybridized carbons (Fsp3) is 0.333. The van der Waals surface area contributed by atoms with Gasteiger partial charge in [0.15, 0.2) is 0 Å². The Kier molecular flexibility index (Phi) is 5.75. The molecule has 0 heterocycles. The summed E-state index contributed by atoms with van der Waals surface area (Å²) in [7, 11) is 3.08. The molecule has 0 atom stereocenters. The maximum absolute atomic E-state index is 12.3. The lowest BCUT2D eigenvalue weighted by Gasteiger charge is -2.17. The molecule has 5 heteroatoms. The molecular weight excluding hydrogens is 256 g/mol. The number of aliphatic hydroxyl groups excluding tert-OH is 1. The zero-order chi connectivity index (χ0) is 15.1. The Morgan fingerprint density at radius 2 is 2.10 bits per heavy atom. The van der Waals surface area contributed by atoms with Gasteiger partial charge in [-0.05, 0) is 19.1 Å². The molecule has 5 nitrogen and oxygen atoms in total. The van der Waals surface area contributed by atoms with Crippen molar-refractivity contribution in [2.75, 3.05) is 27.2 Å². The topological polar surface area (TPSA) is 69.6 Å². The van der Waals surface area contributed by atoms with Crippen LogP contribution in [0.5, 0.6) is 0 Å². The molecule has 2 N–H and O–H groups in total. The van der Waals surface area contributed by atoms with Gasteiger partial charge >= 0.3 is 0 Å². The molecule has 0 radical (unpaired) electrons. The van der Waals surface area contributed by atoms with E-state index in [-0.39, 0.29) is 25.0 Å². The summed E-state index contributed by atoms with van der Waals surface area (Å²) in [6, 6.07) is 5.31. The van der Waals surface area contributed by atoms with Crippen LogP contribution in [0.3, 0.4) is 0 Å². The van der Waals surface area contributed by atoms with Crippen molar-refractivity contribution in [3.63, 3.8) is 0 Å². The average Bonchev–Trinajstić information content (AvgIpc) is 2.44. The minimum atomic E-state index is -0.278. The van der Waals surface area contributed by atoms with Gasteiger partial charge in [-0.25, -0.2) is 0 Å². The van der Waals surface area contributed by atoms with Crippen LogP contribution in [-0.4, -0.2) is 49.1 Å². The Hall–Kier alpha value is -2.32. The van der Waals surface area contributed by atoms with Gasteiger partial charge in [-0.2, -0.15) is 0 Å². The number of amides is 2. The molecule has 0 bridgehead atoms. The third-order valence-corrected chi connectivity index (χ3v) is 2.71. The van der Waals surface area contributed by atoms with Gasteiger partial charge in [0, 0.05) is 19.7 Å². The SMILES string of the molecule is CNC(=O)CN(C)C(=O)c1cc(C)ccc1C#CCO. The highest BCUT2D eigenvalue weighted by Crippen LogP contribution is 2.13. The number of rotatable bonds is 3. The van der Waals surface area contributed by atoms with E-state index in [0.29, 0.717) is 11.1 Å². The van der Waals surface area contributed by atoms with Crippen molar-refractivity contribution in [2.45, 2.75) is 6.92 Å². The van der Waals surface area contributed by atoms with Gasteiger partial charge in [0.1, 0.15) is 6.61 Å². The number of carbonyl (C=O) groups excluding carboxylic acids is 2. The second-order valence-corrected chi connectivity index (χ2v) is 4.34. The van der Waals surface area contributed by atoms with Crippen LogP contribution in [0, 0.1) is 18.8 Å². The summed E-state index contributed by atoms with van der Waals surface area (Å²) in [6.45, 7) is 1.59. The number of nitrogens with zero attached hydrogens (tertiary/aromatic N) is 1. The number of nitrogens with one attached hydrogen (secondary N) is 1. The zero-order valence-electron chi connectivity index (χ0n) is 11.9. The summed E-state index contributed by atoms with van der Waals surface area (Å²) in [5.74, 6) is 4.75. The third-order valence-electron chi connectivity index (χ3n) is 2.71. The van der Waals surface area contributed by atoms with Gasteiger partial charge < -0.3 is 15.3 Å². The van der Waals surface area contributed by atoms with Crippen LogP contribution < -0.4 is 5.32 Å². The predicted molar refractivity (Wildman–Crippen MR) is 76.2 cm³/mol. The van der Waals surface area contributed by atoms with Crippen molar-refractivity contribution < 1.29 is 14.7 Å². The molecule has 1 aromatic rings. The fourth-order valence-corrected chi connectivity index (χ4v) is 1.65. The van der Waals surface area contributed by atoms with Crippen molar-refractivity contribution in [3.8, 4) is 11.8 Å². The van der Waals surface area contributed by atoms with Crippen molar-refractivity contribution >= 4 is 11.8 Å². The van der Waals surface area contributed by atoms with Crippen LogP contribution in [0.4, 0.5) is 0 Å². The molecule has 0 unspecified atom stereocenters. The summed E-state index contributed by atoms with van der Waals surface area (Å²) in [4.78, 5) is 25.0. The molecule has 1 rings (SSSR count). The number of hydrogen-bond donors (Lipinski definition) is 2. The Morgan fingerprint density at radius 3 is 2.70 bits per heavy atom. The van der Waals surface area contributed by atoms with E-state index in [9.17, 15) is 9.59 Å². The quantitative estimate of drug-likeness (QED) is 0.771. The van der Waals surface area contributed by atoms with Crippen LogP contribution >= 0.6 is 0 Å². The van der Waals surface area contributed by atoms with Gasteiger partial charge in [-0.3, -0.25) is 9.59 Å². The molecule has 0 saturated heterocycles. The largest absolute Gasteiger partial charge is 0.384 e. The Balaban J connectivity index is 3.07. The van der Waals surface area contributed by atoms with E-state index in [1.807, 2.05) is 13.0 Å².